The van der Waals surface area contributed by atoms with Crippen molar-refractivity contribution in [2.75, 3.05) is 0 Å². The van der Waals surface area contributed by atoms with E-state index in [1.165, 1.54) is 6.08 Å². The third-order valence-electron chi connectivity index (χ3n) is 3.09. The SMILES string of the molecule is C=C(C)/C=C\C(=C)C(=C)/C=C(/F)C(=C)C(F)(F)Oc1ccc(O)c(F)c1. The fourth-order valence-corrected chi connectivity index (χ4v) is 1.58. The van der Waals surface area contributed by atoms with Crippen LogP contribution in [-0.4, -0.2) is 11.2 Å². The van der Waals surface area contributed by atoms with Crippen LogP contribution in [0.25, 0.3) is 0 Å². The Morgan fingerprint density at radius 2 is 1.73 bits per heavy atom. The van der Waals surface area contributed by atoms with Gasteiger partial charge in [-0.15, -0.1) is 0 Å². The van der Waals surface area contributed by atoms with E-state index in [1.807, 2.05) is 0 Å². The highest BCUT2D eigenvalue weighted by Crippen LogP contribution is 2.34. The molecule has 0 bridgehead atoms. The molecule has 0 aliphatic carbocycles. The lowest BCUT2D eigenvalue weighted by molar-refractivity contribution is -0.141. The molecule has 26 heavy (non-hydrogen) atoms. The molecular weight excluding hydrogens is 348 g/mol. The second-order valence-electron chi connectivity index (χ2n) is 5.43. The summed E-state index contributed by atoms with van der Waals surface area (Å²) >= 11 is 0. The molecule has 0 saturated carbocycles. The Hall–Kier alpha value is -3.02. The van der Waals surface area contributed by atoms with E-state index in [0.717, 1.165) is 18.2 Å². The molecule has 0 atom stereocenters. The third-order valence-corrected chi connectivity index (χ3v) is 3.09. The number of phenols is 1. The zero-order chi connectivity index (χ0) is 20.1. The van der Waals surface area contributed by atoms with Crippen molar-refractivity contribution in [2.24, 2.45) is 0 Å². The van der Waals surface area contributed by atoms with E-state index in [-0.39, 0.29) is 5.57 Å². The Balaban J connectivity index is 2.93. The van der Waals surface area contributed by atoms with E-state index >= 15 is 0 Å². The summed E-state index contributed by atoms with van der Waals surface area (Å²) in [5.41, 5.74) is -0.217. The van der Waals surface area contributed by atoms with E-state index < -0.39 is 34.8 Å². The smallest absolute Gasteiger partial charge is 0.428 e. The first-order valence-corrected chi connectivity index (χ1v) is 7.28. The molecule has 0 aliphatic rings. The summed E-state index contributed by atoms with van der Waals surface area (Å²) in [7, 11) is 0. The Bertz CT molecular complexity index is 817. The minimum atomic E-state index is -4.15. The third kappa shape index (κ3) is 5.81. The molecule has 2 nitrogen and oxygen atoms in total. The van der Waals surface area contributed by atoms with Gasteiger partial charge in [-0.25, -0.2) is 8.78 Å². The molecule has 0 unspecified atom stereocenters. The predicted molar refractivity (Wildman–Crippen MR) is 94.2 cm³/mol. The zero-order valence-corrected chi connectivity index (χ0v) is 14.2. The van der Waals surface area contributed by atoms with E-state index in [9.17, 15) is 17.6 Å². The van der Waals surface area contributed by atoms with E-state index in [1.54, 1.807) is 13.0 Å². The van der Waals surface area contributed by atoms with Crippen LogP contribution in [0.3, 0.4) is 0 Å². The minimum Gasteiger partial charge on any atom is -0.505 e. The molecule has 1 aromatic carbocycles. The molecule has 0 amide bonds. The fraction of sp³-hybridized carbons (Fsp3) is 0.100. The highest BCUT2D eigenvalue weighted by molar-refractivity contribution is 5.47. The molecule has 1 rings (SSSR count). The van der Waals surface area contributed by atoms with Gasteiger partial charge in [-0.2, -0.15) is 8.78 Å². The van der Waals surface area contributed by atoms with Crippen LogP contribution in [0.5, 0.6) is 11.5 Å². The van der Waals surface area contributed by atoms with Crippen LogP contribution in [0.2, 0.25) is 0 Å². The molecule has 0 saturated heterocycles. The lowest BCUT2D eigenvalue weighted by atomic mass is 10.1. The Morgan fingerprint density at radius 1 is 1.12 bits per heavy atom. The standard InChI is InChI=1S/C20H18F4O2/c1-12(2)6-7-13(3)14(4)10-17(21)15(5)20(23,24)26-16-8-9-19(25)18(22)11-16/h6-11,25H,1,3-5H2,2H3/b7-6-,17-10+. The van der Waals surface area contributed by atoms with Crippen LogP contribution in [0, 0.1) is 5.82 Å². The van der Waals surface area contributed by atoms with E-state index in [0.29, 0.717) is 17.2 Å². The van der Waals surface area contributed by atoms with E-state index in [4.69, 9.17) is 5.11 Å². The molecule has 6 heteroatoms. The average Bonchev–Trinajstić information content (AvgIpc) is 2.54. The lowest BCUT2D eigenvalue weighted by Gasteiger charge is -2.19. The van der Waals surface area contributed by atoms with Crippen molar-refractivity contribution in [2.45, 2.75) is 13.0 Å². The van der Waals surface area contributed by atoms with Crippen LogP contribution >= 0.6 is 0 Å². The maximum absolute atomic E-state index is 14.1. The molecule has 1 N–H and O–H groups in total. The number of aromatic hydroxyl groups is 1. The number of allylic oxidation sites excluding steroid dienone is 6. The summed E-state index contributed by atoms with van der Waals surface area (Å²) in [5, 5.41) is 9.03. The van der Waals surface area contributed by atoms with Gasteiger partial charge in [0.2, 0.25) is 0 Å². The van der Waals surface area contributed by atoms with Gasteiger partial charge in [0, 0.05) is 6.07 Å². The summed E-state index contributed by atoms with van der Waals surface area (Å²) < 4.78 is 59.6. The summed E-state index contributed by atoms with van der Waals surface area (Å²) in [6.45, 7) is 15.5. The van der Waals surface area contributed by atoms with Crippen LogP contribution < -0.4 is 4.74 Å². The Labute approximate surface area is 149 Å². The first kappa shape index (κ1) is 21.0. The maximum Gasteiger partial charge on any atom is 0.428 e. The summed E-state index contributed by atoms with van der Waals surface area (Å²) in [4.78, 5) is 0. The van der Waals surface area contributed by atoms with Crippen molar-refractivity contribution in [1.29, 1.82) is 0 Å². The van der Waals surface area contributed by atoms with Crippen molar-refractivity contribution in [3.63, 3.8) is 0 Å². The van der Waals surface area contributed by atoms with Gasteiger partial charge in [0.05, 0.1) is 5.57 Å². The topological polar surface area (TPSA) is 29.5 Å². The predicted octanol–water partition coefficient (Wildman–Crippen LogP) is 6.16. The van der Waals surface area contributed by atoms with Gasteiger partial charge in [0.25, 0.3) is 0 Å². The number of hydrogen-bond acceptors (Lipinski definition) is 2. The van der Waals surface area contributed by atoms with Gasteiger partial charge in [-0.1, -0.05) is 44.0 Å². The summed E-state index contributed by atoms with van der Waals surface area (Å²) in [6.07, 6.45) is -0.308. The minimum absolute atomic E-state index is 0.0487. The van der Waals surface area contributed by atoms with Gasteiger partial charge >= 0.3 is 6.11 Å². The number of alkyl halides is 2. The molecule has 0 aromatic heterocycles. The van der Waals surface area contributed by atoms with Gasteiger partial charge in [0.15, 0.2) is 11.6 Å². The van der Waals surface area contributed by atoms with Crippen LogP contribution in [-0.2, 0) is 0 Å². The fourth-order valence-electron chi connectivity index (χ4n) is 1.58. The van der Waals surface area contributed by atoms with Crippen LogP contribution in [0.15, 0.2) is 90.9 Å². The summed E-state index contributed by atoms with van der Waals surface area (Å²) in [5.74, 6) is -3.87. The van der Waals surface area contributed by atoms with Crippen molar-refractivity contribution in [3.8, 4) is 11.5 Å². The number of benzene rings is 1. The van der Waals surface area contributed by atoms with Gasteiger partial charge in [0.1, 0.15) is 11.6 Å². The van der Waals surface area contributed by atoms with Crippen molar-refractivity contribution in [3.05, 3.63) is 96.7 Å². The zero-order valence-electron chi connectivity index (χ0n) is 14.2. The number of hydrogen-bond donors (Lipinski definition) is 1. The first-order chi connectivity index (χ1) is 11.9. The van der Waals surface area contributed by atoms with Crippen molar-refractivity contribution in [1.82, 2.24) is 0 Å². The normalized spacial score (nSPS) is 12.1. The Morgan fingerprint density at radius 3 is 2.27 bits per heavy atom. The Kier molecular flexibility index (Phi) is 6.78. The van der Waals surface area contributed by atoms with Crippen LogP contribution in [0.4, 0.5) is 17.6 Å². The molecular formula is C20H18F4O2. The van der Waals surface area contributed by atoms with Crippen molar-refractivity contribution >= 4 is 0 Å². The average molecular weight is 366 g/mol. The number of halogens is 4. The largest absolute Gasteiger partial charge is 0.505 e. The molecule has 0 spiro atoms. The van der Waals surface area contributed by atoms with Gasteiger partial charge in [-0.3, -0.25) is 0 Å². The molecule has 0 fully saturated rings. The first-order valence-electron chi connectivity index (χ1n) is 7.28. The molecule has 0 heterocycles. The van der Waals surface area contributed by atoms with Gasteiger partial charge < -0.3 is 9.84 Å². The molecule has 138 valence electrons. The molecule has 0 aliphatic heterocycles. The number of ether oxygens (including phenoxy) is 1. The molecule has 0 radical (unpaired) electrons. The molecule has 1 aromatic rings. The van der Waals surface area contributed by atoms with Crippen molar-refractivity contribution < 1.29 is 27.4 Å². The van der Waals surface area contributed by atoms with Gasteiger partial charge in [-0.05, 0) is 36.3 Å². The number of rotatable bonds is 8. The van der Waals surface area contributed by atoms with Crippen LogP contribution in [0.1, 0.15) is 6.92 Å². The highest BCUT2D eigenvalue weighted by Gasteiger charge is 2.38. The summed E-state index contributed by atoms with van der Waals surface area (Å²) in [6, 6.07) is 2.28. The second kappa shape index (κ2) is 8.38. The lowest BCUT2D eigenvalue weighted by Crippen LogP contribution is -2.27. The second-order valence-corrected chi connectivity index (χ2v) is 5.43. The highest BCUT2D eigenvalue weighted by atomic mass is 19.3. The maximum atomic E-state index is 14.1. The van der Waals surface area contributed by atoms with E-state index in [2.05, 4.69) is 31.1 Å². The quantitative estimate of drug-likeness (QED) is 0.441. The monoisotopic (exact) mass is 366 g/mol. The number of phenolic OH excluding ortho intramolecular Hbond substituents is 1.